The first kappa shape index (κ1) is 10.5. The maximum Gasteiger partial charge on any atom is 0.118 e. The molecule has 1 heterocycles. The van der Waals surface area contributed by atoms with E-state index in [1.54, 1.807) is 7.11 Å². The fourth-order valence-electron chi connectivity index (χ4n) is 2.12. The Hall–Kier alpha value is -1.02. The van der Waals surface area contributed by atoms with E-state index in [9.17, 15) is 0 Å². The quantitative estimate of drug-likeness (QED) is 0.740. The van der Waals surface area contributed by atoms with Gasteiger partial charge in [-0.25, -0.2) is 0 Å². The summed E-state index contributed by atoms with van der Waals surface area (Å²) in [5.41, 5.74) is 1.49. The second kappa shape index (κ2) is 3.86. The number of hydrogen-bond acceptors (Lipinski definition) is 2. The van der Waals surface area contributed by atoms with Crippen molar-refractivity contribution in [1.29, 1.82) is 0 Å². The highest BCUT2D eigenvalue weighted by Gasteiger charge is 2.36. The van der Waals surface area contributed by atoms with E-state index in [1.807, 2.05) is 12.1 Å². The summed E-state index contributed by atoms with van der Waals surface area (Å²) in [7, 11) is 1.69. The monoisotopic (exact) mass is 206 g/mol. The van der Waals surface area contributed by atoms with Gasteiger partial charge in [0.2, 0.25) is 0 Å². The molecule has 1 aromatic carbocycles. The van der Waals surface area contributed by atoms with Gasteiger partial charge in [0.1, 0.15) is 5.75 Å². The molecule has 0 radical (unpaired) electrons. The van der Waals surface area contributed by atoms with Crippen LogP contribution in [0.2, 0.25) is 0 Å². The number of benzene rings is 1. The third kappa shape index (κ3) is 2.00. The molecule has 0 N–H and O–H groups in total. The van der Waals surface area contributed by atoms with Crippen molar-refractivity contribution in [2.24, 2.45) is 5.41 Å². The molecule has 1 saturated heterocycles. The zero-order valence-electron chi connectivity index (χ0n) is 9.62. The Kier molecular flexibility index (Phi) is 2.70. The van der Waals surface area contributed by atoms with E-state index in [0.717, 1.165) is 18.8 Å². The molecule has 0 aromatic heterocycles. The van der Waals surface area contributed by atoms with Crippen LogP contribution in [0.3, 0.4) is 0 Å². The third-order valence-corrected chi connectivity index (χ3v) is 3.16. The summed E-state index contributed by atoms with van der Waals surface area (Å²) in [5.74, 6) is 0.898. The maximum absolute atomic E-state index is 5.79. The van der Waals surface area contributed by atoms with Crippen LogP contribution in [-0.4, -0.2) is 13.7 Å². The molecule has 2 nitrogen and oxygen atoms in total. The van der Waals surface area contributed by atoms with Crippen molar-refractivity contribution in [1.82, 2.24) is 0 Å². The highest BCUT2D eigenvalue weighted by Crippen LogP contribution is 2.44. The zero-order valence-corrected chi connectivity index (χ0v) is 9.62. The molecule has 0 spiro atoms. The van der Waals surface area contributed by atoms with Crippen LogP contribution in [0, 0.1) is 5.41 Å². The average molecular weight is 206 g/mol. The molecule has 1 atom stereocenters. The van der Waals surface area contributed by atoms with Gasteiger partial charge >= 0.3 is 0 Å². The lowest BCUT2D eigenvalue weighted by Gasteiger charge is -2.25. The fraction of sp³-hybridized carbons (Fsp3) is 0.538. The molecule has 82 valence electrons. The Morgan fingerprint density at radius 1 is 1.27 bits per heavy atom. The topological polar surface area (TPSA) is 18.5 Å². The third-order valence-electron chi connectivity index (χ3n) is 3.16. The first-order valence-corrected chi connectivity index (χ1v) is 5.39. The molecule has 0 aliphatic carbocycles. The molecule has 0 bridgehead atoms. The lowest BCUT2D eigenvalue weighted by atomic mass is 9.82. The van der Waals surface area contributed by atoms with Gasteiger partial charge in [0.05, 0.1) is 13.2 Å². The minimum Gasteiger partial charge on any atom is -0.497 e. The first-order chi connectivity index (χ1) is 7.13. The van der Waals surface area contributed by atoms with Gasteiger partial charge in [0.25, 0.3) is 0 Å². The molecular formula is C13H18O2. The summed E-state index contributed by atoms with van der Waals surface area (Å²) in [6, 6.07) is 8.17. The average Bonchev–Trinajstić information content (AvgIpc) is 2.58. The lowest BCUT2D eigenvalue weighted by molar-refractivity contribution is 0.0636. The summed E-state index contributed by atoms with van der Waals surface area (Å²) < 4.78 is 10.9. The van der Waals surface area contributed by atoms with Crippen LogP contribution in [0.25, 0.3) is 0 Å². The highest BCUT2D eigenvalue weighted by atomic mass is 16.5. The van der Waals surface area contributed by atoms with E-state index >= 15 is 0 Å². The molecule has 1 aromatic rings. The molecule has 1 aliphatic rings. The molecule has 1 fully saturated rings. The minimum atomic E-state index is 0.225. The van der Waals surface area contributed by atoms with Crippen LogP contribution in [0.5, 0.6) is 5.75 Å². The molecular weight excluding hydrogens is 188 g/mol. The summed E-state index contributed by atoms with van der Waals surface area (Å²) >= 11 is 0. The number of ether oxygens (including phenoxy) is 2. The van der Waals surface area contributed by atoms with Gasteiger partial charge < -0.3 is 9.47 Å². The van der Waals surface area contributed by atoms with E-state index in [2.05, 4.69) is 26.0 Å². The zero-order chi connectivity index (χ0) is 10.9. The second-order valence-corrected chi connectivity index (χ2v) is 4.76. The summed E-state index contributed by atoms with van der Waals surface area (Å²) in [6.07, 6.45) is 1.35. The Morgan fingerprint density at radius 2 is 1.93 bits per heavy atom. The molecule has 1 aliphatic heterocycles. The lowest BCUT2D eigenvalue weighted by Crippen LogP contribution is -2.16. The second-order valence-electron chi connectivity index (χ2n) is 4.76. The normalized spacial score (nSPS) is 24.1. The van der Waals surface area contributed by atoms with Crippen molar-refractivity contribution in [3.63, 3.8) is 0 Å². The Bertz CT molecular complexity index is 327. The molecule has 0 saturated carbocycles. The molecule has 2 rings (SSSR count). The van der Waals surface area contributed by atoms with Gasteiger partial charge in [0.15, 0.2) is 0 Å². The summed E-state index contributed by atoms with van der Waals surface area (Å²) in [6.45, 7) is 5.38. The van der Waals surface area contributed by atoms with Crippen LogP contribution in [-0.2, 0) is 4.74 Å². The Morgan fingerprint density at radius 3 is 2.40 bits per heavy atom. The van der Waals surface area contributed by atoms with E-state index < -0.39 is 0 Å². The molecule has 15 heavy (non-hydrogen) atoms. The standard InChI is InChI=1S/C13H18O2/c1-13(2)8-9-15-12(13)10-4-6-11(14-3)7-5-10/h4-7,12H,8-9H2,1-3H3/t12-/m1/s1. The smallest absolute Gasteiger partial charge is 0.118 e. The van der Waals surface area contributed by atoms with Gasteiger partial charge in [-0.3, -0.25) is 0 Å². The van der Waals surface area contributed by atoms with Crippen LogP contribution in [0.1, 0.15) is 31.9 Å². The van der Waals surface area contributed by atoms with Gasteiger partial charge in [0, 0.05) is 6.61 Å². The van der Waals surface area contributed by atoms with Crippen LogP contribution in [0.4, 0.5) is 0 Å². The summed E-state index contributed by atoms with van der Waals surface area (Å²) in [5, 5.41) is 0. The van der Waals surface area contributed by atoms with Gasteiger partial charge in [-0.05, 0) is 29.5 Å². The number of methoxy groups -OCH3 is 1. The minimum absolute atomic E-state index is 0.225. The van der Waals surface area contributed by atoms with Crippen molar-refractivity contribution in [3.05, 3.63) is 29.8 Å². The summed E-state index contributed by atoms with van der Waals surface area (Å²) in [4.78, 5) is 0. The Balaban J connectivity index is 2.22. The molecule has 0 unspecified atom stereocenters. The van der Waals surface area contributed by atoms with Crippen molar-refractivity contribution < 1.29 is 9.47 Å². The van der Waals surface area contributed by atoms with Crippen molar-refractivity contribution in [2.45, 2.75) is 26.4 Å². The van der Waals surface area contributed by atoms with Crippen LogP contribution < -0.4 is 4.74 Å². The van der Waals surface area contributed by atoms with Crippen LogP contribution in [0.15, 0.2) is 24.3 Å². The predicted molar refractivity (Wildman–Crippen MR) is 60.1 cm³/mol. The maximum atomic E-state index is 5.79. The van der Waals surface area contributed by atoms with E-state index in [0.29, 0.717) is 0 Å². The number of hydrogen-bond donors (Lipinski definition) is 0. The van der Waals surface area contributed by atoms with E-state index in [4.69, 9.17) is 9.47 Å². The number of rotatable bonds is 2. The van der Waals surface area contributed by atoms with Gasteiger partial charge in [-0.1, -0.05) is 26.0 Å². The van der Waals surface area contributed by atoms with E-state index in [1.165, 1.54) is 5.56 Å². The first-order valence-electron chi connectivity index (χ1n) is 5.39. The molecule has 2 heteroatoms. The van der Waals surface area contributed by atoms with Crippen LogP contribution >= 0.6 is 0 Å². The highest BCUT2D eigenvalue weighted by molar-refractivity contribution is 5.29. The van der Waals surface area contributed by atoms with Gasteiger partial charge in [-0.15, -0.1) is 0 Å². The SMILES string of the molecule is COc1ccc([C@H]2OCCC2(C)C)cc1. The molecule has 0 amide bonds. The van der Waals surface area contributed by atoms with Crippen molar-refractivity contribution >= 4 is 0 Å². The largest absolute Gasteiger partial charge is 0.497 e. The predicted octanol–water partition coefficient (Wildman–Crippen LogP) is 3.18. The van der Waals surface area contributed by atoms with Gasteiger partial charge in [-0.2, -0.15) is 0 Å². The fourth-order valence-corrected chi connectivity index (χ4v) is 2.12. The van der Waals surface area contributed by atoms with E-state index in [-0.39, 0.29) is 11.5 Å². The Labute approximate surface area is 91.2 Å². The van der Waals surface area contributed by atoms with Crippen molar-refractivity contribution in [2.75, 3.05) is 13.7 Å². The van der Waals surface area contributed by atoms with Crippen molar-refractivity contribution in [3.8, 4) is 5.75 Å².